The van der Waals surface area contributed by atoms with E-state index in [9.17, 15) is 4.79 Å². The van der Waals surface area contributed by atoms with Gasteiger partial charge in [0, 0.05) is 24.0 Å². The third-order valence-corrected chi connectivity index (χ3v) is 2.78. The summed E-state index contributed by atoms with van der Waals surface area (Å²) < 4.78 is 5.12. The highest BCUT2D eigenvalue weighted by atomic mass is 16.5. The highest BCUT2D eigenvalue weighted by Gasteiger charge is 2.42. The van der Waals surface area contributed by atoms with Crippen LogP contribution in [0.5, 0.6) is 0 Å². The van der Waals surface area contributed by atoms with Crippen molar-refractivity contribution < 1.29 is 14.6 Å². The van der Waals surface area contributed by atoms with Gasteiger partial charge >= 0.3 is 6.09 Å². The lowest BCUT2D eigenvalue weighted by Gasteiger charge is -2.46. The van der Waals surface area contributed by atoms with Crippen LogP contribution in [0.15, 0.2) is 0 Å². The summed E-state index contributed by atoms with van der Waals surface area (Å²) in [5.74, 6) is 0. The van der Waals surface area contributed by atoms with E-state index in [4.69, 9.17) is 15.6 Å². The second kappa shape index (κ2) is 3.98. The van der Waals surface area contributed by atoms with Crippen molar-refractivity contribution in [2.24, 2.45) is 11.1 Å². The van der Waals surface area contributed by atoms with Crippen molar-refractivity contribution in [1.82, 2.24) is 4.90 Å². The molecule has 0 saturated carbocycles. The van der Waals surface area contributed by atoms with E-state index < -0.39 is 11.6 Å². The van der Waals surface area contributed by atoms with Crippen molar-refractivity contribution in [2.75, 3.05) is 26.3 Å². The molecule has 15 heavy (non-hydrogen) atoms. The van der Waals surface area contributed by atoms with Crippen molar-refractivity contribution in [3.05, 3.63) is 0 Å². The third kappa shape index (κ3) is 2.60. The van der Waals surface area contributed by atoms with Gasteiger partial charge in [-0.2, -0.15) is 0 Å². The van der Waals surface area contributed by atoms with Gasteiger partial charge in [-0.3, -0.25) is 0 Å². The fourth-order valence-electron chi connectivity index (χ4n) is 1.59. The van der Waals surface area contributed by atoms with Gasteiger partial charge < -0.3 is 20.5 Å². The maximum atomic E-state index is 11.1. The average molecular weight is 216 g/mol. The van der Waals surface area contributed by atoms with Crippen molar-refractivity contribution in [2.45, 2.75) is 26.3 Å². The predicted octanol–water partition coefficient (Wildman–Crippen LogP) is 0.740. The average Bonchev–Trinajstić information content (AvgIpc) is 2.00. The lowest BCUT2D eigenvalue weighted by molar-refractivity contribution is -0.123. The summed E-state index contributed by atoms with van der Waals surface area (Å²) >= 11 is 0. The molecule has 1 saturated heterocycles. The first kappa shape index (κ1) is 12.3. The maximum Gasteiger partial charge on any atom is 0.407 e. The van der Waals surface area contributed by atoms with Gasteiger partial charge in [-0.1, -0.05) is 0 Å². The van der Waals surface area contributed by atoms with Crippen LogP contribution in [0.1, 0.15) is 20.8 Å². The number of carboxylic acid groups (broad SMARTS) is 1. The Bertz CT molecular complexity index is 238. The van der Waals surface area contributed by atoms with E-state index in [1.807, 2.05) is 20.8 Å². The number of hydrogen-bond acceptors (Lipinski definition) is 3. The minimum Gasteiger partial charge on any atom is -0.465 e. The molecule has 0 aromatic carbocycles. The molecule has 5 nitrogen and oxygen atoms in total. The van der Waals surface area contributed by atoms with Gasteiger partial charge in [0.2, 0.25) is 0 Å². The van der Waals surface area contributed by atoms with E-state index >= 15 is 0 Å². The van der Waals surface area contributed by atoms with E-state index in [-0.39, 0.29) is 5.41 Å². The van der Waals surface area contributed by atoms with Gasteiger partial charge in [-0.25, -0.2) is 4.79 Å². The Hall–Kier alpha value is -0.810. The van der Waals surface area contributed by atoms with Crippen LogP contribution in [0.4, 0.5) is 4.79 Å². The zero-order valence-corrected chi connectivity index (χ0v) is 9.62. The van der Waals surface area contributed by atoms with E-state index in [1.165, 1.54) is 4.90 Å². The third-order valence-electron chi connectivity index (χ3n) is 2.78. The topological polar surface area (TPSA) is 75.8 Å². The monoisotopic (exact) mass is 216 g/mol. The lowest BCUT2D eigenvalue weighted by Crippen LogP contribution is -2.59. The number of ether oxygens (including phenoxy) is 1. The van der Waals surface area contributed by atoms with E-state index in [0.717, 1.165) is 0 Å². The van der Waals surface area contributed by atoms with Crippen molar-refractivity contribution >= 4 is 6.09 Å². The van der Waals surface area contributed by atoms with Gasteiger partial charge in [-0.15, -0.1) is 0 Å². The highest BCUT2D eigenvalue weighted by Crippen LogP contribution is 2.30. The Morgan fingerprint density at radius 3 is 2.27 bits per heavy atom. The van der Waals surface area contributed by atoms with Crippen molar-refractivity contribution in [1.29, 1.82) is 0 Å². The van der Waals surface area contributed by atoms with E-state index in [0.29, 0.717) is 26.3 Å². The molecule has 0 spiro atoms. The zero-order chi connectivity index (χ0) is 11.7. The summed E-state index contributed by atoms with van der Waals surface area (Å²) in [7, 11) is 0. The molecule has 3 N–H and O–H groups in total. The van der Waals surface area contributed by atoms with E-state index in [2.05, 4.69) is 0 Å². The Labute approximate surface area is 90.2 Å². The number of nitrogens with two attached hydrogens (primary N) is 1. The fourth-order valence-corrected chi connectivity index (χ4v) is 1.59. The molecule has 0 aromatic rings. The van der Waals surface area contributed by atoms with Crippen LogP contribution in [-0.2, 0) is 4.74 Å². The standard InChI is InChI=1S/C10H20N2O3/c1-9(2,3)12(8(13)14)5-10(4-11)6-15-7-10/h4-7,11H2,1-3H3,(H,13,14). The quantitative estimate of drug-likeness (QED) is 0.729. The molecule has 0 radical (unpaired) electrons. The number of nitrogens with zero attached hydrogens (tertiary/aromatic N) is 1. The molecule has 1 fully saturated rings. The van der Waals surface area contributed by atoms with Crippen LogP contribution < -0.4 is 5.73 Å². The summed E-state index contributed by atoms with van der Waals surface area (Å²) in [6, 6.07) is 0. The SMILES string of the molecule is CC(C)(C)N(CC1(CN)COC1)C(=O)O. The number of hydrogen-bond donors (Lipinski definition) is 2. The summed E-state index contributed by atoms with van der Waals surface area (Å²) in [4.78, 5) is 12.6. The molecule has 1 amide bonds. The Kier molecular flexibility index (Phi) is 3.25. The van der Waals surface area contributed by atoms with Crippen LogP contribution in [0.3, 0.4) is 0 Å². The molecule has 1 aliphatic rings. The molecule has 1 aliphatic heterocycles. The first-order valence-corrected chi connectivity index (χ1v) is 5.09. The smallest absolute Gasteiger partial charge is 0.407 e. The molecule has 0 unspecified atom stereocenters. The number of carbonyl (C=O) groups is 1. The van der Waals surface area contributed by atoms with Gasteiger partial charge in [0.25, 0.3) is 0 Å². The molecular formula is C10H20N2O3. The van der Waals surface area contributed by atoms with Crippen LogP contribution in [0.2, 0.25) is 0 Å². The fraction of sp³-hybridized carbons (Fsp3) is 0.900. The normalized spacial score (nSPS) is 19.5. The number of amides is 1. The molecule has 88 valence electrons. The summed E-state index contributed by atoms with van der Waals surface area (Å²) in [6.45, 7) is 7.67. The minimum atomic E-state index is -0.901. The Balaban J connectivity index is 2.71. The summed E-state index contributed by atoms with van der Waals surface area (Å²) in [5.41, 5.74) is 5.09. The minimum absolute atomic E-state index is 0.175. The molecule has 1 heterocycles. The van der Waals surface area contributed by atoms with Crippen LogP contribution in [0, 0.1) is 5.41 Å². The number of rotatable bonds is 3. The second-order valence-corrected chi connectivity index (χ2v) is 5.24. The van der Waals surface area contributed by atoms with Crippen LogP contribution in [0.25, 0.3) is 0 Å². The molecule has 0 atom stereocenters. The van der Waals surface area contributed by atoms with Gasteiger partial charge in [0.1, 0.15) is 0 Å². The predicted molar refractivity (Wildman–Crippen MR) is 56.8 cm³/mol. The molecule has 0 aliphatic carbocycles. The van der Waals surface area contributed by atoms with Crippen LogP contribution in [-0.4, -0.2) is 47.9 Å². The molecular weight excluding hydrogens is 196 g/mol. The lowest BCUT2D eigenvalue weighted by atomic mass is 9.84. The second-order valence-electron chi connectivity index (χ2n) is 5.24. The zero-order valence-electron chi connectivity index (χ0n) is 9.62. The molecule has 0 aromatic heterocycles. The highest BCUT2D eigenvalue weighted by molar-refractivity contribution is 5.66. The van der Waals surface area contributed by atoms with Crippen molar-refractivity contribution in [3.63, 3.8) is 0 Å². The maximum absolute atomic E-state index is 11.1. The van der Waals surface area contributed by atoms with E-state index in [1.54, 1.807) is 0 Å². The van der Waals surface area contributed by atoms with Crippen molar-refractivity contribution in [3.8, 4) is 0 Å². The molecule has 1 rings (SSSR count). The Morgan fingerprint density at radius 2 is 2.07 bits per heavy atom. The Morgan fingerprint density at radius 1 is 1.53 bits per heavy atom. The summed E-state index contributed by atoms with van der Waals surface area (Å²) in [5, 5.41) is 9.13. The first-order valence-electron chi connectivity index (χ1n) is 5.09. The molecule has 5 heteroatoms. The van der Waals surface area contributed by atoms with Gasteiger partial charge in [0.05, 0.1) is 13.2 Å². The summed E-state index contributed by atoms with van der Waals surface area (Å²) in [6.07, 6.45) is -0.901. The first-order chi connectivity index (χ1) is 6.81. The largest absolute Gasteiger partial charge is 0.465 e. The molecule has 0 bridgehead atoms. The van der Waals surface area contributed by atoms with Gasteiger partial charge in [0.15, 0.2) is 0 Å². The van der Waals surface area contributed by atoms with Gasteiger partial charge in [-0.05, 0) is 20.8 Å². The van der Waals surface area contributed by atoms with Crippen LogP contribution >= 0.6 is 0 Å².